The van der Waals surface area contributed by atoms with Gasteiger partial charge >= 0.3 is 0 Å². The molecule has 3 fully saturated rings. The van der Waals surface area contributed by atoms with Crippen molar-refractivity contribution in [1.82, 2.24) is 15.2 Å². The van der Waals surface area contributed by atoms with Crippen molar-refractivity contribution in [3.05, 3.63) is 23.9 Å². The molecule has 0 aliphatic carbocycles. The van der Waals surface area contributed by atoms with Gasteiger partial charge in [-0.25, -0.2) is 4.98 Å². The molecular weight excluding hydrogens is 431 g/mol. The van der Waals surface area contributed by atoms with E-state index >= 15 is 0 Å². The molecule has 29 heavy (non-hydrogen) atoms. The van der Waals surface area contributed by atoms with Gasteiger partial charge in [-0.2, -0.15) is 10.5 Å². The first-order chi connectivity index (χ1) is 13.2. The summed E-state index contributed by atoms with van der Waals surface area (Å²) in [5, 5.41) is 21.5. The molecule has 1 N–H and O–H groups in total. The smallest absolute Gasteiger partial charge is 0.238 e. The van der Waals surface area contributed by atoms with Crippen LogP contribution in [0.1, 0.15) is 31.2 Å². The Morgan fingerprint density at radius 3 is 2.55 bits per heavy atom. The van der Waals surface area contributed by atoms with E-state index < -0.39 is 0 Å². The fourth-order valence-corrected chi connectivity index (χ4v) is 5.56. The van der Waals surface area contributed by atoms with Gasteiger partial charge in [0.2, 0.25) is 5.91 Å². The van der Waals surface area contributed by atoms with Gasteiger partial charge in [0, 0.05) is 30.1 Å². The third-order valence-corrected chi connectivity index (χ3v) is 6.78. The van der Waals surface area contributed by atoms with E-state index in [9.17, 15) is 4.79 Å². The topological polar surface area (TPSA) is 96.0 Å². The SMILES string of the molecule is Cl.Cl.N#Cc1ccc(N2C3CCC2CC(NCC(=O)N2CSC[C@H]2C#N)C3)nc1. The van der Waals surface area contributed by atoms with Crippen LogP contribution in [0, 0.1) is 22.7 Å². The molecule has 4 rings (SSSR count). The molecule has 0 aromatic carbocycles. The normalized spacial score (nSPS) is 27.4. The minimum atomic E-state index is -0.287. The number of anilines is 1. The maximum absolute atomic E-state index is 12.4. The highest BCUT2D eigenvalue weighted by molar-refractivity contribution is 7.99. The van der Waals surface area contributed by atoms with Crippen molar-refractivity contribution >= 4 is 48.3 Å². The predicted octanol–water partition coefficient (Wildman–Crippen LogP) is 2.31. The molecule has 3 saturated heterocycles. The maximum Gasteiger partial charge on any atom is 0.238 e. The van der Waals surface area contributed by atoms with Crippen LogP contribution in [0.25, 0.3) is 0 Å². The molecule has 1 aromatic rings. The summed E-state index contributed by atoms with van der Waals surface area (Å²) in [5.74, 6) is 2.30. The molecule has 156 valence electrons. The number of halogens is 2. The zero-order chi connectivity index (χ0) is 18.8. The van der Waals surface area contributed by atoms with Crippen LogP contribution in [0.2, 0.25) is 0 Å². The number of nitrogens with one attached hydrogen (secondary N) is 1. The number of hydrogen-bond donors (Lipinski definition) is 1. The van der Waals surface area contributed by atoms with Gasteiger partial charge in [-0.1, -0.05) is 0 Å². The van der Waals surface area contributed by atoms with Crippen LogP contribution >= 0.6 is 36.6 Å². The van der Waals surface area contributed by atoms with Crippen molar-refractivity contribution in [3.63, 3.8) is 0 Å². The highest BCUT2D eigenvalue weighted by Crippen LogP contribution is 2.38. The van der Waals surface area contributed by atoms with E-state index in [0.717, 1.165) is 31.5 Å². The van der Waals surface area contributed by atoms with E-state index in [2.05, 4.69) is 27.3 Å². The van der Waals surface area contributed by atoms with Crippen LogP contribution in [0.3, 0.4) is 0 Å². The number of thioether (sulfide) groups is 1. The molecule has 0 saturated carbocycles. The van der Waals surface area contributed by atoms with E-state index in [0.29, 0.717) is 41.9 Å². The van der Waals surface area contributed by atoms with Crippen LogP contribution in [0.5, 0.6) is 0 Å². The van der Waals surface area contributed by atoms with Crippen LogP contribution in [0.15, 0.2) is 18.3 Å². The number of aromatic nitrogens is 1. The molecule has 3 atom stereocenters. The summed E-state index contributed by atoms with van der Waals surface area (Å²) in [6, 6.07) is 8.96. The lowest BCUT2D eigenvalue weighted by atomic mass is 9.97. The molecular formula is C19H24Cl2N6OS. The molecule has 1 amide bonds. The van der Waals surface area contributed by atoms with Gasteiger partial charge in [0.05, 0.1) is 24.1 Å². The number of amides is 1. The van der Waals surface area contributed by atoms with Gasteiger partial charge in [0.25, 0.3) is 0 Å². The van der Waals surface area contributed by atoms with Gasteiger partial charge in [0.1, 0.15) is 17.9 Å². The molecule has 2 bridgehead atoms. The minimum absolute atomic E-state index is 0. The molecule has 10 heteroatoms. The van der Waals surface area contributed by atoms with Crippen LogP contribution in [-0.2, 0) is 4.79 Å². The second-order valence-electron chi connectivity index (χ2n) is 7.37. The van der Waals surface area contributed by atoms with Crippen LogP contribution in [-0.4, -0.2) is 58.1 Å². The lowest BCUT2D eigenvalue weighted by Gasteiger charge is -2.40. The first kappa shape index (κ1) is 23.6. The molecule has 4 heterocycles. The van der Waals surface area contributed by atoms with Gasteiger partial charge in [-0.15, -0.1) is 36.6 Å². The summed E-state index contributed by atoms with van der Waals surface area (Å²) >= 11 is 1.64. The molecule has 1 aromatic heterocycles. The van der Waals surface area contributed by atoms with E-state index in [1.165, 1.54) is 0 Å². The van der Waals surface area contributed by atoms with Gasteiger partial charge in [-0.3, -0.25) is 4.79 Å². The lowest BCUT2D eigenvalue weighted by Crippen LogP contribution is -2.51. The third-order valence-electron chi connectivity index (χ3n) is 5.77. The number of nitrogens with zero attached hydrogens (tertiary/aromatic N) is 5. The maximum atomic E-state index is 12.4. The molecule has 7 nitrogen and oxygen atoms in total. The van der Waals surface area contributed by atoms with Crippen molar-refractivity contribution < 1.29 is 4.79 Å². The van der Waals surface area contributed by atoms with Crippen molar-refractivity contribution in [2.75, 3.05) is 23.1 Å². The Kier molecular flexibility index (Phi) is 8.42. The number of carbonyl (C=O) groups is 1. The zero-order valence-corrected chi connectivity index (χ0v) is 18.3. The quantitative estimate of drug-likeness (QED) is 0.744. The molecule has 3 aliphatic heterocycles. The Bertz CT molecular complexity index is 781. The summed E-state index contributed by atoms with van der Waals surface area (Å²) in [7, 11) is 0. The van der Waals surface area contributed by atoms with Crippen molar-refractivity contribution in [1.29, 1.82) is 10.5 Å². The summed E-state index contributed by atoms with van der Waals surface area (Å²) in [6.45, 7) is 0.304. The Morgan fingerprint density at radius 1 is 1.24 bits per heavy atom. The van der Waals surface area contributed by atoms with Crippen molar-refractivity contribution in [2.24, 2.45) is 0 Å². The second-order valence-corrected chi connectivity index (χ2v) is 8.37. The summed E-state index contributed by atoms with van der Waals surface area (Å²) in [5.41, 5.74) is 0.580. The third kappa shape index (κ3) is 4.90. The van der Waals surface area contributed by atoms with Crippen LogP contribution in [0.4, 0.5) is 5.82 Å². The summed E-state index contributed by atoms with van der Waals surface area (Å²) < 4.78 is 0. The number of piperidine rings is 1. The highest BCUT2D eigenvalue weighted by Gasteiger charge is 2.41. The number of nitriles is 2. The Balaban J connectivity index is 0.00000150. The largest absolute Gasteiger partial charge is 0.351 e. The van der Waals surface area contributed by atoms with Gasteiger partial charge in [0.15, 0.2) is 0 Å². The van der Waals surface area contributed by atoms with E-state index in [4.69, 9.17) is 10.5 Å². The van der Waals surface area contributed by atoms with E-state index in [-0.39, 0.29) is 36.8 Å². The molecule has 0 radical (unpaired) electrons. The summed E-state index contributed by atoms with van der Waals surface area (Å²) in [6.07, 6.45) is 5.89. The molecule has 0 spiro atoms. The lowest BCUT2D eigenvalue weighted by molar-refractivity contribution is -0.129. The van der Waals surface area contributed by atoms with E-state index in [1.54, 1.807) is 22.9 Å². The molecule has 3 aliphatic rings. The van der Waals surface area contributed by atoms with Crippen LogP contribution < -0.4 is 10.2 Å². The molecule has 2 unspecified atom stereocenters. The average molecular weight is 455 g/mol. The second kappa shape index (κ2) is 10.4. The number of rotatable bonds is 4. The Hall–Kier alpha value is -1.71. The minimum Gasteiger partial charge on any atom is -0.351 e. The van der Waals surface area contributed by atoms with Gasteiger partial charge < -0.3 is 15.1 Å². The monoisotopic (exact) mass is 454 g/mol. The number of carbonyl (C=O) groups excluding carboxylic acids is 1. The predicted molar refractivity (Wildman–Crippen MR) is 117 cm³/mol. The number of hydrogen-bond acceptors (Lipinski definition) is 7. The number of fused-ring (bicyclic) bond motifs is 2. The van der Waals surface area contributed by atoms with Gasteiger partial charge in [-0.05, 0) is 37.8 Å². The number of pyridine rings is 1. The Labute approximate surface area is 187 Å². The van der Waals surface area contributed by atoms with Crippen molar-refractivity contribution in [3.8, 4) is 12.1 Å². The van der Waals surface area contributed by atoms with Crippen molar-refractivity contribution in [2.45, 2.75) is 49.9 Å². The standard InChI is InChI=1S/C19H22N6OS.2ClH/c20-7-13-1-4-18(23-9-13)25-15-2-3-16(25)6-14(5-15)22-10-19(26)24-12-27-11-17(24)8-21;;/h1,4,9,14-17,22H,2-3,5-6,10-12H2;2*1H/t14?,15?,16?,17-;;/m1../s1. The average Bonchev–Trinajstić information content (AvgIpc) is 3.28. The summed E-state index contributed by atoms with van der Waals surface area (Å²) in [4.78, 5) is 21.0. The Morgan fingerprint density at radius 2 is 1.97 bits per heavy atom. The first-order valence-corrected chi connectivity index (χ1v) is 10.5. The van der Waals surface area contributed by atoms with E-state index in [1.807, 2.05) is 12.1 Å². The first-order valence-electron chi connectivity index (χ1n) is 9.34. The zero-order valence-electron chi connectivity index (χ0n) is 15.9. The highest BCUT2D eigenvalue weighted by atomic mass is 35.5. The fraction of sp³-hybridized carbons (Fsp3) is 0.579. The fourth-order valence-electron chi connectivity index (χ4n) is 4.45.